The van der Waals surface area contributed by atoms with Crippen LogP contribution in [0.1, 0.15) is 21.4 Å². The highest BCUT2D eigenvalue weighted by Gasteiger charge is 2.11. The van der Waals surface area contributed by atoms with Crippen molar-refractivity contribution >= 4 is 11.3 Å². The fourth-order valence-electron chi connectivity index (χ4n) is 1.49. The van der Waals surface area contributed by atoms with Crippen LogP contribution in [0, 0.1) is 20.8 Å². The highest BCUT2D eigenvalue weighted by Crippen LogP contribution is 2.22. The first-order chi connectivity index (χ1) is 7.58. The minimum atomic E-state index is 0.457. The van der Waals surface area contributed by atoms with E-state index >= 15 is 0 Å². The van der Waals surface area contributed by atoms with Crippen LogP contribution in [0.3, 0.4) is 0 Å². The summed E-state index contributed by atoms with van der Waals surface area (Å²) in [5, 5.41) is 14.1. The van der Waals surface area contributed by atoms with E-state index in [0.29, 0.717) is 6.61 Å². The van der Waals surface area contributed by atoms with Crippen molar-refractivity contribution < 1.29 is 4.74 Å². The predicted molar refractivity (Wildman–Crippen MR) is 61.7 cm³/mol. The molecule has 0 unspecified atom stereocenters. The molecule has 0 atom stereocenters. The molecule has 0 aromatic carbocycles. The van der Waals surface area contributed by atoms with Gasteiger partial charge in [0.05, 0.1) is 5.69 Å². The van der Waals surface area contributed by atoms with E-state index in [1.54, 1.807) is 11.3 Å². The molecule has 0 radical (unpaired) electrons. The second-order valence-electron chi connectivity index (χ2n) is 3.63. The molecule has 16 heavy (non-hydrogen) atoms. The Hall–Kier alpha value is -1.43. The molecule has 0 saturated carbocycles. The maximum atomic E-state index is 5.71. The van der Waals surface area contributed by atoms with E-state index in [1.807, 2.05) is 32.5 Å². The summed E-state index contributed by atoms with van der Waals surface area (Å²) in [6.07, 6.45) is 0. The monoisotopic (exact) mass is 238 g/mol. The smallest absolute Gasteiger partial charge is 0.163 e. The van der Waals surface area contributed by atoms with Crippen LogP contribution in [0.2, 0.25) is 0 Å². The van der Waals surface area contributed by atoms with Crippen molar-refractivity contribution in [2.24, 2.45) is 7.05 Å². The lowest BCUT2D eigenvalue weighted by atomic mass is 10.3. The van der Waals surface area contributed by atoms with E-state index in [9.17, 15) is 0 Å². The first kappa shape index (κ1) is 11.1. The standard InChI is InChI=1S/C10H14N4OS/c1-6-10(7(2)14(4)13-6)15-5-9-12-11-8(3)16-9/h5H2,1-4H3. The Kier molecular flexibility index (Phi) is 2.91. The largest absolute Gasteiger partial charge is 0.482 e. The van der Waals surface area contributed by atoms with E-state index in [-0.39, 0.29) is 0 Å². The van der Waals surface area contributed by atoms with Crippen LogP contribution < -0.4 is 4.74 Å². The van der Waals surface area contributed by atoms with Crippen LogP contribution >= 0.6 is 11.3 Å². The summed E-state index contributed by atoms with van der Waals surface area (Å²) in [5.41, 5.74) is 1.93. The molecule has 0 fully saturated rings. The van der Waals surface area contributed by atoms with Crippen LogP contribution in [0.15, 0.2) is 0 Å². The molecule has 0 bridgehead atoms. The normalized spacial score (nSPS) is 10.8. The number of aromatic nitrogens is 4. The summed E-state index contributed by atoms with van der Waals surface area (Å²) in [6, 6.07) is 0. The van der Waals surface area contributed by atoms with Crippen LogP contribution in [0.4, 0.5) is 0 Å². The number of rotatable bonds is 3. The summed E-state index contributed by atoms with van der Waals surface area (Å²) < 4.78 is 7.53. The van der Waals surface area contributed by atoms with Gasteiger partial charge in [0.15, 0.2) is 10.8 Å². The summed E-state index contributed by atoms with van der Waals surface area (Å²) in [6.45, 7) is 6.31. The molecule has 2 aromatic heterocycles. The molecule has 5 nitrogen and oxygen atoms in total. The van der Waals surface area contributed by atoms with E-state index in [0.717, 1.165) is 27.2 Å². The summed E-state index contributed by atoms with van der Waals surface area (Å²) in [7, 11) is 1.91. The second-order valence-corrected chi connectivity index (χ2v) is 4.89. The molecule has 6 heteroatoms. The molecule has 2 aromatic rings. The number of hydrogen-bond acceptors (Lipinski definition) is 5. The Bertz CT molecular complexity index is 503. The number of nitrogens with zero attached hydrogens (tertiary/aromatic N) is 4. The summed E-state index contributed by atoms with van der Waals surface area (Å²) in [4.78, 5) is 0. The average molecular weight is 238 g/mol. The number of aryl methyl sites for hydroxylation is 3. The van der Waals surface area contributed by atoms with Gasteiger partial charge in [-0.2, -0.15) is 5.10 Å². The topological polar surface area (TPSA) is 52.8 Å². The number of ether oxygens (including phenoxy) is 1. The summed E-state index contributed by atoms with van der Waals surface area (Å²) >= 11 is 1.55. The minimum absolute atomic E-state index is 0.457. The van der Waals surface area contributed by atoms with Gasteiger partial charge in [-0.05, 0) is 20.8 Å². The van der Waals surface area contributed by atoms with Crippen molar-refractivity contribution in [3.05, 3.63) is 21.4 Å². The molecule has 0 aliphatic heterocycles. The van der Waals surface area contributed by atoms with Crippen LogP contribution in [-0.4, -0.2) is 20.0 Å². The van der Waals surface area contributed by atoms with Gasteiger partial charge < -0.3 is 4.74 Å². The van der Waals surface area contributed by atoms with Gasteiger partial charge in [-0.15, -0.1) is 10.2 Å². The van der Waals surface area contributed by atoms with Gasteiger partial charge >= 0.3 is 0 Å². The van der Waals surface area contributed by atoms with E-state index in [4.69, 9.17) is 4.74 Å². The number of hydrogen-bond donors (Lipinski definition) is 0. The van der Waals surface area contributed by atoms with Crippen molar-refractivity contribution in [3.63, 3.8) is 0 Å². The molecule has 0 aliphatic carbocycles. The molecular formula is C10H14N4OS. The summed E-state index contributed by atoms with van der Waals surface area (Å²) in [5.74, 6) is 0.843. The maximum Gasteiger partial charge on any atom is 0.163 e. The maximum absolute atomic E-state index is 5.71. The molecule has 0 spiro atoms. The molecular weight excluding hydrogens is 224 g/mol. The lowest BCUT2D eigenvalue weighted by molar-refractivity contribution is 0.300. The van der Waals surface area contributed by atoms with Crippen LogP contribution in [0.5, 0.6) is 5.75 Å². The Morgan fingerprint density at radius 1 is 1.25 bits per heavy atom. The van der Waals surface area contributed by atoms with Gasteiger partial charge in [-0.3, -0.25) is 4.68 Å². The van der Waals surface area contributed by atoms with Crippen molar-refractivity contribution in [1.29, 1.82) is 0 Å². The van der Waals surface area contributed by atoms with Gasteiger partial charge in [0, 0.05) is 7.05 Å². The highest BCUT2D eigenvalue weighted by molar-refractivity contribution is 7.11. The fraction of sp³-hybridized carbons (Fsp3) is 0.500. The lowest BCUT2D eigenvalue weighted by Gasteiger charge is -2.03. The van der Waals surface area contributed by atoms with Crippen molar-refractivity contribution in [1.82, 2.24) is 20.0 Å². The van der Waals surface area contributed by atoms with Gasteiger partial charge in [0.2, 0.25) is 0 Å². The van der Waals surface area contributed by atoms with Crippen LogP contribution in [0.25, 0.3) is 0 Å². The van der Waals surface area contributed by atoms with Gasteiger partial charge in [-0.1, -0.05) is 11.3 Å². The molecule has 0 aliphatic rings. The first-order valence-electron chi connectivity index (χ1n) is 5.00. The van der Waals surface area contributed by atoms with Gasteiger partial charge in [0.25, 0.3) is 0 Å². The third kappa shape index (κ3) is 2.06. The second kappa shape index (κ2) is 4.21. The van der Waals surface area contributed by atoms with Crippen molar-refractivity contribution in [3.8, 4) is 5.75 Å². The average Bonchev–Trinajstić information content (AvgIpc) is 2.72. The SMILES string of the molecule is Cc1nnc(COc2c(C)nn(C)c2C)s1. The van der Waals surface area contributed by atoms with Crippen LogP contribution in [-0.2, 0) is 13.7 Å². The highest BCUT2D eigenvalue weighted by atomic mass is 32.1. The van der Waals surface area contributed by atoms with Gasteiger partial charge in [-0.25, -0.2) is 0 Å². The zero-order valence-electron chi connectivity index (χ0n) is 9.81. The molecule has 0 saturated heterocycles. The molecule has 86 valence electrons. The predicted octanol–water partition coefficient (Wildman–Crippen LogP) is 1.78. The Morgan fingerprint density at radius 3 is 2.50 bits per heavy atom. The molecule has 0 amide bonds. The molecule has 0 N–H and O–H groups in total. The first-order valence-corrected chi connectivity index (χ1v) is 5.81. The quantitative estimate of drug-likeness (QED) is 0.818. The van der Waals surface area contributed by atoms with Gasteiger partial charge in [0.1, 0.15) is 17.3 Å². The van der Waals surface area contributed by atoms with Crippen molar-refractivity contribution in [2.75, 3.05) is 0 Å². The molecule has 2 rings (SSSR count). The Balaban J connectivity index is 2.10. The van der Waals surface area contributed by atoms with E-state index in [1.165, 1.54) is 0 Å². The third-order valence-electron chi connectivity index (χ3n) is 2.35. The zero-order chi connectivity index (χ0) is 11.7. The minimum Gasteiger partial charge on any atom is -0.482 e. The van der Waals surface area contributed by atoms with E-state index in [2.05, 4.69) is 15.3 Å². The lowest BCUT2D eigenvalue weighted by Crippen LogP contribution is -1.97. The molecule has 2 heterocycles. The van der Waals surface area contributed by atoms with Crippen molar-refractivity contribution in [2.45, 2.75) is 27.4 Å². The Labute approximate surface area is 98.1 Å². The third-order valence-corrected chi connectivity index (χ3v) is 3.16. The van der Waals surface area contributed by atoms with E-state index < -0.39 is 0 Å². The Morgan fingerprint density at radius 2 is 2.00 bits per heavy atom. The fourth-order valence-corrected chi connectivity index (χ4v) is 2.11. The zero-order valence-corrected chi connectivity index (χ0v) is 10.6.